The van der Waals surface area contributed by atoms with Gasteiger partial charge in [0.1, 0.15) is 5.82 Å². The molecule has 4 nitrogen and oxygen atoms in total. The van der Waals surface area contributed by atoms with Gasteiger partial charge in [-0.2, -0.15) is 0 Å². The maximum atomic E-state index is 14.0. The SMILES string of the molecule is Cc1ccc(CNC(=O)c2ccc3c(c2)N(C)C(=O)C(=Cc2ccccc2F)S3)cc1. The number of carbonyl (C=O) groups is 2. The van der Waals surface area contributed by atoms with Crippen LogP contribution in [0.4, 0.5) is 10.1 Å². The highest BCUT2D eigenvalue weighted by molar-refractivity contribution is 8.04. The van der Waals surface area contributed by atoms with E-state index in [0.717, 1.165) is 10.5 Å². The highest BCUT2D eigenvalue weighted by Crippen LogP contribution is 2.42. The summed E-state index contributed by atoms with van der Waals surface area (Å²) in [6, 6.07) is 19.6. The molecule has 6 heteroatoms. The molecule has 0 radical (unpaired) electrons. The molecule has 0 bridgehead atoms. The number of halogens is 1. The normalized spacial score (nSPS) is 14.5. The minimum Gasteiger partial charge on any atom is -0.348 e. The van der Waals surface area contributed by atoms with Crippen molar-refractivity contribution in [3.63, 3.8) is 0 Å². The van der Waals surface area contributed by atoms with E-state index in [4.69, 9.17) is 0 Å². The van der Waals surface area contributed by atoms with Crippen LogP contribution in [0.1, 0.15) is 27.0 Å². The summed E-state index contributed by atoms with van der Waals surface area (Å²) in [7, 11) is 1.66. The van der Waals surface area contributed by atoms with Crippen LogP contribution in [-0.4, -0.2) is 18.9 Å². The standard InChI is InChI=1S/C25H21FN2O2S/c1-16-7-9-17(10-8-16)15-27-24(29)19-11-12-22-21(13-19)28(2)25(30)23(31-22)14-18-5-3-4-6-20(18)26/h3-14H,15H2,1-2H3,(H,27,29). The summed E-state index contributed by atoms with van der Waals surface area (Å²) < 4.78 is 14.0. The van der Waals surface area contributed by atoms with Crippen molar-refractivity contribution < 1.29 is 14.0 Å². The predicted octanol–water partition coefficient (Wildman–Crippen LogP) is 5.17. The predicted molar refractivity (Wildman–Crippen MR) is 122 cm³/mol. The van der Waals surface area contributed by atoms with Gasteiger partial charge in [0.25, 0.3) is 11.8 Å². The number of thioether (sulfide) groups is 1. The van der Waals surface area contributed by atoms with Crippen molar-refractivity contribution >= 4 is 35.3 Å². The molecule has 0 spiro atoms. The Hall–Kier alpha value is -3.38. The minimum absolute atomic E-state index is 0.207. The van der Waals surface area contributed by atoms with Crippen molar-refractivity contribution in [2.45, 2.75) is 18.4 Å². The largest absolute Gasteiger partial charge is 0.348 e. The van der Waals surface area contributed by atoms with E-state index in [0.29, 0.717) is 28.3 Å². The Kier molecular flexibility index (Phi) is 5.91. The number of fused-ring (bicyclic) bond motifs is 1. The van der Waals surface area contributed by atoms with Gasteiger partial charge in [0.05, 0.1) is 10.6 Å². The van der Waals surface area contributed by atoms with E-state index in [2.05, 4.69) is 5.32 Å². The van der Waals surface area contributed by atoms with Crippen molar-refractivity contribution in [2.24, 2.45) is 0 Å². The molecule has 1 aliphatic heterocycles. The quantitative estimate of drug-likeness (QED) is 0.579. The van der Waals surface area contributed by atoms with Crippen LogP contribution in [0.25, 0.3) is 6.08 Å². The number of carbonyl (C=O) groups excluding carboxylic acids is 2. The molecule has 0 aromatic heterocycles. The van der Waals surface area contributed by atoms with Gasteiger partial charge in [-0.15, -0.1) is 0 Å². The Morgan fingerprint density at radius 1 is 1.10 bits per heavy atom. The fraction of sp³-hybridized carbons (Fsp3) is 0.120. The first-order valence-electron chi connectivity index (χ1n) is 9.82. The first-order chi connectivity index (χ1) is 14.9. The number of nitrogens with one attached hydrogen (secondary N) is 1. The van der Waals surface area contributed by atoms with Crippen molar-refractivity contribution in [3.8, 4) is 0 Å². The summed E-state index contributed by atoms with van der Waals surface area (Å²) in [4.78, 5) is 28.2. The first kappa shape index (κ1) is 20.9. The van der Waals surface area contributed by atoms with Gasteiger partial charge in [-0.3, -0.25) is 9.59 Å². The molecule has 1 heterocycles. The zero-order chi connectivity index (χ0) is 22.0. The topological polar surface area (TPSA) is 49.4 Å². The number of hydrogen-bond donors (Lipinski definition) is 1. The fourth-order valence-electron chi connectivity index (χ4n) is 3.26. The van der Waals surface area contributed by atoms with E-state index in [1.807, 2.05) is 37.3 Å². The maximum Gasteiger partial charge on any atom is 0.264 e. The van der Waals surface area contributed by atoms with Crippen LogP contribution < -0.4 is 10.2 Å². The molecule has 1 N–H and O–H groups in total. The number of benzene rings is 3. The van der Waals surface area contributed by atoms with Crippen molar-refractivity contribution in [1.29, 1.82) is 0 Å². The maximum absolute atomic E-state index is 14.0. The highest BCUT2D eigenvalue weighted by atomic mass is 32.2. The van der Waals surface area contributed by atoms with Crippen LogP contribution in [0.2, 0.25) is 0 Å². The Morgan fingerprint density at radius 2 is 1.84 bits per heavy atom. The fourth-order valence-corrected chi connectivity index (χ4v) is 4.34. The molecule has 31 heavy (non-hydrogen) atoms. The van der Waals surface area contributed by atoms with Crippen LogP contribution in [0.15, 0.2) is 76.5 Å². The van der Waals surface area contributed by atoms with Crippen LogP contribution >= 0.6 is 11.8 Å². The highest BCUT2D eigenvalue weighted by Gasteiger charge is 2.27. The lowest BCUT2D eigenvalue weighted by Gasteiger charge is -2.27. The Morgan fingerprint density at radius 3 is 2.58 bits per heavy atom. The molecule has 3 aromatic carbocycles. The summed E-state index contributed by atoms with van der Waals surface area (Å²) in [5, 5.41) is 2.91. The van der Waals surface area contributed by atoms with Crippen molar-refractivity contribution in [3.05, 3.63) is 99.7 Å². The van der Waals surface area contributed by atoms with Gasteiger partial charge in [0, 0.05) is 29.6 Å². The van der Waals surface area contributed by atoms with E-state index in [-0.39, 0.29) is 17.6 Å². The summed E-state index contributed by atoms with van der Waals surface area (Å²) >= 11 is 1.28. The smallest absolute Gasteiger partial charge is 0.264 e. The van der Waals surface area contributed by atoms with Crippen LogP contribution in [0.5, 0.6) is 0 Å². The van der Waals surface area contributed by atoms with E-state index >= 15 is 0 Å². The summed E-state index contributed by atoms with van der Waals surface area (Å²) in [5.74, 6) is -0.822. The Balaban J connectivity index is 1.54. The number of aryl methyl sites for hydroxylation is 1. The number of rotatable bonds is 4. The van der Waals surface area contributed by atoms with Gasteiger partial charge in [0.15, 0.2) is 0 Å². The van der Waals surface area contributed by atoms with E-state index < -0.39 is 0 Å². The number of likely N-dealkylation sites (N-methyl/N-ethyl adjacent to an activating group) is 1. The third-order valence-corrected chi connectivity index (χ3v) is 6.16. The lowest BCUT2D eigenvalue weighted by atomic mass is 10.1. The molecule has 0 saturated heterocycles. The molecule has 0 unspecified atom stereocenters. The van der Waals surface area contributed by atoms with Crippen molar-refractivity contribution in [2.75, 3.05) is 11.9 Å². The van der Waals surface area contributed by atoms with E-state index in [9.17, 15) is 14.0 Å². The Bertz CT molecular complexity index is 1190. The lowest BCUT2D eigenvalue weighted by molar-refractivity contribution is -0.114. The molecule has 0 atom stereocenters. The Labute approximate surface area is 184 Å². The number of amides is 2. The van der Waals surface area contributed by atoms with Crippen molar-refractivity contribution in [1.82, 2.24) is 5.32 Å². The second-order valence-corrected chi connectivity index (χ2v) is 8.43. The molecule has 3 aromatic rings. The summed E-state index contributed by atoms with van der Waals surface area (Å²) in [5.41, 5.74) is 3.68. The third kappa shape index (κ3) is 4.54. The average molecular weight is 433 g/mol. The summed E-state index contributed by atoms with van der Waals surface area (Å²) in [6.45, 7) is 2.44. The van der Waals surface area contributed by atoms with Gasteiger partial charge in [-0.1, -0.05) is 59.8 Å². The molecular weight excluding hydrogens is 411 g/mol. The second kappa shape index (κ2) is 8.78. The number of hydrogen-bond acceptors (Lipinski definition) is 3. The molecule has 0 saturated carbocycles. The number of anilines is 1. The number of nitrogens with zero attached hydrogens (tertiary/aromatic N) is 1. The second-order valence-electron chi connectivity index (χ2n) is 7.35. The zero-order valence-electron chi connectivity index (χ0n) is 17.2. The lowest BCUT2D eigenvalue weighted by Crippen LogP contribution is -2.31. The van der Waals surface area contributed by atoms with E-state index in [1.54, 1.807) is 43.5 Å². The third-order valence-electron chi connectivity index (χ3n) is 5.08. The first-order valence-corrected chi connectivity index (χ1v) is 10.6. The van der Waals surface area contributed by atoms with Gasteiger partial charge in [-0.05, 0) is 42.8 Å². The molecule has 1 aliphatic rings. The van der Waals surface area contributed by atoms with Gasteiger partial charge in [-0.25, -0.2) is 4.39 Å². The zero-order valence-corrected chi connectivity index (χ0v) is 18.0. The molecule has 0 aliphatic carbocycles. The van der Waals surface area contributed by atoms with Gasteiger partial charge < -0.3 is 10.2 Å². The molecule has 4 rings (SSSR count). The molecule has 0 fully saturated rings. The summed E-state index contributed by atoms with van der Waals surface area (Å²) in [6.07, 6.45) is 1.56. The average Bonchev–Trinajstić information content (AvgIpc) is 2.78. The van der Waals surface area contributed by atoms with Crippen LogP contribution in [0, 0.1) is 12.7 Å². The monoisotopic (exact) mass is 432 g/mol. The molecule has 2 amide bonds. The van der Waals surface area contributed by atoms with Gasteiger partial charge in [0.2, 0.25) is 0 Å². The van der Waals surface area contributed by atoms with Gasteiger partial charge >= 0.3 is 0 Å². The molecule has 156 valence electrons. The van der Waals surface area contributed by atoms with Crippen LogP contribution in [-0.2, 0) is 11.3 Å². The van der Waals surface area contributed by atoms with Crippen LogP contribution in [0.3, 0.4) is 0 Å². The minimum atomic E-state index is -0.377. The molecular formula is C25H21FN2O2S. The van der Waals surface area contributed by atoms with E-state index in [1.165, 1.54) is 28.3 Å².